The standard InChI is InChI=1S/C22H29N3O3/c1-3-4-5-6-7-13-28-19-10-8-9-17(14-19)15-24-22(26)20-12-11-18(16-27-2)25-21(20)23/h5-6,8-12,14H,3-4,7,13,15-16H2,1-2H3,(H2,23,25)(H,24,26). The Kier molecular flexibility index (Phi) is 9.01. The van der Waals surface area contributed by atoms with Crippen molar-refractivity contribution >= 4 is 11.7 Å². The maximum Gasteiger partial charge on any atom is 0.255 e. The Hall–Kier alpha value is -2.86. The van der Waals surface area contributed by atoms with Gasteiger partial charge in [-0.1, -0.05) is 37.6 Å². The number of benzene rings is 1. The second-order valence-corrected chi connectivity index (χ2v) is 6.40. The van der Waals surface area contributed by atoms with Gasteiger partial charge < -0.3 is 20.5 Å². The number of ether oxygens (including phenoxy) is 2. The number of allylic oxidation sites excluding steroid dienone is 1. The third kappa shape index (κ3) is 7.04. The summed E-state index contributed by atoms with van der Waals surface area (Å²) in [6.07, 6.45) is 7.46. The molecular formula is C22H29N3O3. The first-order chi connectivity index (χ1) is 13.6. The molecule has 0 aliphatic heterocycles. The molecule has 1 aromatic carbocycles. The highest BCUT2D eigenvalue weighted by Gasteiger charge is 2.11. The Bertz CT molecular complexity index is 790. The number of anilines is 1. The van der Waals surface area contributed by atoms with Crippen LogP contribution in [-0.4, -0.2) is 24.6 Å². The number of nitrogens with zero attached hydrogens (tertiary/aromatic N) is 1. The van der Waals surface area contributed by atoms with Crippen LogP contribution in [0.15, 0.2) is 48.6 Å². The molecule has 1 heterocycles. The van der Waals surface area contributed by atoms with Crippen molar-refractivity contribution in [3.63, 3.8) is 0 Å². The zero-order valence-electron chi connectivity index (χ0n) is 16.6. The number of nitrogen functional groups attached to an aromatic ring is 1. The highest BCUT2D eigenvalue weighted by atomic mass is 16.5. The Morgan fingerprint density at radius 1 is 1.21 bits per heavy atom. The van der Waals surface area contributed by atoms with Gasteiger partial charge in [0.1, 0.15) is 11.6 Å². The van der Waals surface area contributed by atoms with Crippen LogP contribution in [0.5, 0.6) is 5.75 Å². The van der Waals surface area contributed by atoms with Crippen molar-refractivity contribution in [1.82, 2.24) is 10.3 Å². The van der Waals surface area contributed by atoms with E-state index >= 15 is 0 Å². The minimum absolute atomic E-state index is 0.195. The van der Waals surface area contributed by atoms with Crippen molar-refractivity contribution in [1.29, 1.82) is 0 Å². The second-order valence-electron chi connectivity index (χ2n) is 6.40. The first-order valence-corrected chi connectivity index (χ1v) is 9.53. The minimum atomic E-state index is -0.263. The Morgan fingerprint density at radius 3 is 2.79 bits per heavy atom. The molecule has 0 aliphatic rings. The van der Waals surface area contributed by atoms with Gasteiger partial charge in [-0.25, -0.2) is 4.98 Å². The van der Waals surface area contributed by atoms with E-state index in [1.165, 1.54) is 0 Å². The van der Waals surface area contributed by atoms with Gasteiger partial charge in [-0.3, -0.25) is 4.79 Å². The molecule has 1 amide bonds. The van der Waals surface area contributed by atoms with Crippen molar-refractivity contribution in [2.45, 2.75) is 39.3 Å². The molecule has 2 rings (SSSR count). The van der Waals surface area contributed by atoms with Crippen LogP contribution in [0.4, 0.5) is 5.82 Å². The van der Waals surface area contributed by atoms with Crippen molar-refractivity contribution in [3.05, 3.63) is 65.4 Å². The Labute approximate surface area is 166 Å². The van der Waals surface area contributed by atoms with E-state index in [2.05, 4.69) is 29.4 Å². The smallest absolute Gasteiger partial charge is 0.255 e. The molecular weight excluding hydrogens is 354 g/mol. The van der Waals surface area contributed by atoms with Crippen LogP contribution < -0.4 is 15.8 Å². The lowest BCUT2D eigenvalue weighted by Gasteiger charge is -2.10. The molecule has 0 unspecified atom stereocenters. The fourth-order valence-electron chi connectivity index (χ4n) is 2.61. The molecule has 0 aliphatic carbocycles. The number of rotatable bonds is 11. The van der Waals surface area contributed by atoms with Crippen LogP contribution in [0.25, 0.3) is 0 Å². The van der Waals surface area contributed by atoms with Crippen LogP contribution in [0, 0.1) is 0 Å². The topological polar surface area (TPSA) is 86.5 Å². The number of hydrogen-bond donors (Lipinski definition) is 2. The molecule has 0 spiro atoms. The quantitative estimate of drug-likeness (QED) is 0.454. The monoisotopic (exact) mass is 383 g/mol. The maximum absolute atomic E-state index is 12.4. The minimum Gasteiger partial charge on any atom is -0.493 e. The zero-order valence-corrected chi connectivity index (χ0v) is 16.6. The van der Waals surface area contributed by atoms with E-state index in [-0.39, 0.29) is 11.7 Å². The van der Waals surface area contributed by atoms with Gasteiger partial charge in [0.2, 0.25) is 0 Å². The van der Waals surface area contributed by atoms with E-state index in [1.807, 2.05) is 24.3 Å². The molecule has 28 heavy (non-hydrogen) atoms. The van der Waals surface area contributed by atoms with Crippen molar-refractivity contribution < 1.29 is 14.3 Å². The molecule has 0 radical (unpaired) electrons. The number of unbranched alkanes of at least 4 members (excludes halogenated alkanes) is 1. The third-order valence-corrected chi connectivity index (χ3v) is 4.05. The SMILES string of the molecule is CCCC=CCCOc1cccc(CNC(=O)c2ccc(COC)nc2N)c1. The largest absolute Gasteiger partial charge is 0.493 e. The fraction of sp³-hybridized carbons (Fsp3) is 0.364. The number of carbonyl (C=O) groups excluding carboxylic acids is 1. The molecule has 2 aromatic rings. The molecule has 1 aromatic heterocycles. The van der Waals surface area contributed by atoms with E-state index in [0.29, 0.717) is 31.0 Å². The van der Waals surface area contributed by atoms with Crippen molar-refractivity contribution in [2.24, 2.45) is 0 Å². The molecule has 3 N–H and O–H groups in total. The van der Waals surface area contributed by atoms with E-state index in [0.717, 1.165) is 30.6 Å². The maximum atomic E-state index is 12.4. The number of methoxy groups -OCH3 is 1. The number of aromatic nitrogens is 1. The highest BCUT2D eigenvalue weighted by molar-refractivity contribution is 5.98. The molecule has 6 nitrogen and oxygen atoms in total. The summed E-state index contributed by atoms with van der Waals surface area (Å²) in [6.45, 7) is 3.53. The predicted octanol–water partition coefficient (Wildman–Crippen LogP) is 3.87. The van der Waals surface area contributed by atoms with Gasteiger partial charge in [-0.15, -0.1) is 0 Å². The van der Waals surface area contributed by atoms with Crippen LogP contribution in [-0.2, 0) is 17.9 Å². The number of carbonyl (C=O) groups is 1. The summed E-state index contributed by atoms with van der Waals surface area (Å²) in [5.41, 5.74) is 7.88. The number of nitrogens with one attached hydrogen (secondary N) is 1. The Balaban J connectivity index is 1.86. The number of pyridine rings is 1. The summed E-state index contributed by atoms with van der Waals surface area (Å²) >= 11 is 0. The number of nitrogens with two attached hydrogens (primary N) is 1. The molecule has 0 bridgehead atoms. The molecule has 0 saturated carbocycles. The lowest BCUT2D eigenvalue weighted by atomic mass is 10.2. The second kappa shape index (κ2) is 11.8. The summed E-state index contributed by atoms with van der Waals surface area (Å²) in [4.78, 5) is 16.6. The first kappa shape index (κ1) is 21.4. The molecule has 150 valence electrons. The molecule has 0 atom stereocenters. The number of hydrogen-bond acceptors (Lipinski definition) is 5. The van der Waals surface area contributed by atoms with Crippen LogP contribution in [0.2, 0.25) is 0 Å². The average molecular weight is 383 g/mol. The fourth-order valence-corrected chi connectivity index (χ4v) is 2.61. The summed E-state index contributed by atoms with van der Waals surface area (Å²) in [5, 5.41) is 2.87. The summed E-state index contributed by atoms with van der Waals surface area (Å²) < 4.78 is 10.8. The van der Waals surface area contributed by atoms with E-state index < -0.39 is 0 Å². The lowest BCUT2D eigenvalue weighted by Crippen LogP contribution is -2.24. The number of amides is 1. The molecule has 0 fully saturated rings. The average Bonchev–Trinajstić information content (AvgIpc) is 2.69. The van der Waals surface area contributed by atoms with Crippen molar-refractivity contribution in [2.75, 3.05) is 19.5 Å². The normalized spacial score (nSPS) is 10.9. The van der Waals surface area contributed by atoms with E-state index in [9.17, 15) is 4.79 Å². The summed E-state index contributed by atoms with van der Waals surface area (Å²) in [6, 6.07) is 11.1. The third-order valence-electron chi connectivity index (χ3n) is 4.05. The van der Waals surface area contributed by atoms with Crippen molar-refractivity contribution in [3.8, 4) is 5.75 Å². The van der Waals surface area contributed by atoms with E-state index in [1.54, 1.807) is 19.2 Å². The van der Waals surface area contributed by atoms with Gasteiger partial charge in [0, 0.05) is 13.7 Å². The molecule has 6 heteroatoms. The summed E-state index contributed by atoms with van der Waals surface area (Å²) in [5.74, 6) is 0.724. The van der Waals surface area contributed by atoms with E-state index in [4.69, 9.17) is 15.2 Å². The predicted molar refractivity (Wildman–Crippen MR) is 111 cm³/mol. The molecule has 0 saturated heterocycles. The summed E-state index contributed by atoms with van der Waals surface area (Å²) in [7, 11) is 1.58. The first-order valence-electron chi connectivity index (χ1n) is 9.53. The van der Waals surface area contributed by atoms with Gasteiger partial charge in [0.25, 0.3) is 5.91 Å². The van der Waals surface area contributed by atoms with Gasteiger partial charge in [0.05, 0.1) is 24.5 Å². The van der Waals surface area contributed by atoms with Crippen LogP contribution >= 0.6 is 0 Å². The van der Waals surface area contributed by atoms with Gasteiger partial charge >= 0.3 is 0 Å². The zero-order chi connectivity index (χ0) is 20.2. The lowest BCUT2D eigenvalue weighted by molar-refractivity contribution is 0.0951. The highest BCUT2D eigenvalue weighted by Crippen LogP contribution is 2.15. The van der Waals surface area contributed by atoms with Gasteiger partial charge in [-0.2, -0.15) is 0 Å². The van der Waals surface area contributed by atoms with Crippen LogP contribution in [0.3, 0.4) is 0 Å². The Morgan fingerprint density at radius 2 is 2.04 bits per heavy atom. The van der Waals surface area contributed by atoms with Gasteiger partial charge in [-0.05, 0) is 42.7 Å². The van der Waals surface area contributed by atoms with Gasteiger partial charge in [0.15, 0.2) is 0 Å². The van der Waals surface area contributed by atoms with Crippen LogP contribution in [0.1, 0.15) is 47.8 Å².